The summed E-state index contributed by atoms with van der Waals surface area (Å²) in [6, 6.07) is 0. The Labute approximate surface area is 108 Å². The lowest BCUT2D eigenvalue weighted by atomic mass is 10.5. The van der Waals surface area contributed by atoms with Gasteiger partial charge in [0.25, 0.3) is 5.56 Å². The summed E-state index contributed by atoms with van der Waals surface area (Å²) in [5.41, 5.74) is 0.0285. The van der Waals surface area contributed by atoms with Crippen LogP contribution in [0, 0.1) is 0 Å². The highest BCUT2D eigenvalue weighted by Gasteiger charge is 2.13. The molecule has 0 atom stereocenters. The van der Waals surface area contributed by atoms with Crippen LogP contribution in [0.2, 0.25) is 0 Å². The molecule has 0 spiro atoms. The minimum Gasteiger partial charge on any atom is -0.326 e. The smallest absolute Gasteiger partial charge is 0.326 e. The zero-order chi connectivity index (χ0) is 12.6. The van der Waals surface area contributed by atoms with Crippen molar-refractivity contribution in [2.24, 2.45) is 14.1 Å². The van der Waals surface area contributed by atoms with Crippen molar-refractivity contribution in [3.05, 3.63) is 20.8 Å². The first-order valence-electron chi connectivity index (χ1n) is 4.59. The van der Waals surface area contributed by atoms with Crippen LogP contribution in [0.15, 0.2) is 14.7 Å². The van der Waals surface area contributed by atoms with Crippen molar-refractivity contribution in [3.8, 4) is 0 Å². The number of rotatable bonds is 3. The zero-order valence-electron chi connectivity index (χ0n) is 9.38. The van der Waals surface area contributed by atoms with Gasteiger partial charge < -0.3 is 4.98 Å². The van der Waals surface area contributed by atoms with Crippen molar-refractivity contribution in [3.63, 3.8) is 0 Å². The van der Waals surface area contributed by atoms with Crippen LogP contribution in [0.3, 0.4) is 0 Å². The van der Waals surface area contributed by atoms with E-state index in [0.29, 0.717) is 16.3 Å². The van der Waals surface area contributed by atoms with Crippen LogP contribution < -0.4 is 11.2 Å². The molecule has 2 aromatic rings. The molecule has 0 aliphatic carbocycles. The van der Waals surface area contributed by atoms with E-state index in [1.165, 1.54) is 32.2 Å². The number of nitrogens with one attached hydrogen (secondary N) is 1. The number of aryl methyl sites for hydroxylation is 1. The maximum Gasteiger partial charge on any atom is 0.332 e. The Morgan fingerprint density at radius 3 is 2.59 bits per heavy atom. The SMILES string of the molecule is CSSSc1nc2c([nH]1)c(=O)n(C)c(=O)n2C. The Balaban J connectivity index is 2.69. The number of hydrogen-bond acceptors (Lipinski definition) is 6. The molecule has 0 aliphatic heterocycles. The Morgan fingerprint density at radius 1 is 1.24 bits per heavy atom. The van der Waals surface area contributed by atoms with Crippen LogP contribution in [0.1, 0.15) is 0 Å². The van der Waals surface area contributed by atoms with E-state index < -0.39 is 0 Å². The van der Waals surface area contributed by atoms with Crippen LogP contribution in [0.25, 0.3) is 11.2 Å². The number of nitrogens with zero attached hydrogens (tertiary/aromatic N) is 3. The molecule has 0 unspecified atom stereocenters. The summed E-state index contributed by atoms with van der Waals surface area (Å²) < 4.78 is 2.43. The third kappa shape index (κ3) is 2.14. The summed E-state index contributed by atoms with van der Waals surface area (Å²) in [6.45, 7) is 0. The molecular weight excluding hydrogens is 280 g/mol. The second-order valence-corrected chi connectivity index (χ2v) is 7.42. The van der Waals surface area contributed by atoms with E-state index in [9.17, 15) is 9.59 Å². The van der Waals surface area contributed by atoms with Crippen molar-refractivity contribution < 1.29 is 0 Å². The number of aromatic nitrogens is 4. The molecule has 92 valence electrons. The number of fused-ring (bicyclic) bond motifs is 1. The third-order valence-electron chi connectivity index (χ3n) is 2.25. The normalized spacial score (nSPS) is 11.2. The summed E-state index contributed by atoms with van der Waals surface area (Å²) in [6.07, 6.45) is 1.95. The highest BCUT2D eigenvalue weighted by atomic mass is 33.5. The van der Waals surface area contributed by atoms with E-state index in [4.69, 9.17) is 0 Å². The van der Waals surface area contributed by atoms with E-state index in [1.807, 2.05) is 6.26 Å². The van der Waals surface area contributed by atoms with Gasteiger partial charge >= 0.3 is 5.69 Å². The summed E-state index contributed by atoms with van der Waals surface area (Å²) in [5, 5.41) is 0.623. The Morgan fingerprint density at radius 2 is 1.94 bits per heavy atom. The molecule has 0 saturated carbocycles. The average molecular weight is 290 g/mol. The topological polar surface area (TPSA) is 72.7 Å². The average Bonchev–Trinajstić information content (AvgIpc) is 2.75. The lowest BCUT2D eigenvalue weighted by Crippen LogP contribution is -2.36. The zero-order valence-corrected chi connectivity index (χ0v) is 11.8. The van der Waals surface area contributed by atoms with Gasteiger partial charge in [-0.05, 0) is 26.9 Å². The Kier molecular flexibility index (Phi) is 3.59. The molecule has 0 fully saturated rings. The van der Waals surface area contributed by atoms with Gasteiger partial charge in [-0.3, -0.25) is 13.9 Å². The first-order valence-corrected chi connectivity index (χ1v) is 8.48. The molecule has 2 aromatic heterocycles. The number of aromatic amines is 1. The largest absolute Gasteiger partial charge is 0.332 e. The van der Waals surface area contributed by atoms with Gasteiger partial charge in [-0.2, -0.15) is 0 Å². The number of hydrogen-bond donors (Lipinski definition) is 1. The van der Waals surface area contributed by atoms with Gasteiger partial charge in [-0.15, -0.1) is 0 Å². The lowest BCUT2D eigenvalue weighted by molar-refractivity contribution is 0.708. The third-order valence-corrected chi connectivity index (χ3v) is 5.73. The van der Waals surface area contributed by atoms with Crippen LogP contribution in [0.5, 0.6) is 0 Å². The number of imidazole rings is 1. The van der Waals surface area contributed by atoms with Gasteiger partial charge in [0.2, 0.25) is 0 Å². The van der Waals surface area contributed by atoms with Gasteiger partial charge in [0.05, 0.1) is 0 Å². The highest BCUT2D eigenvalue weighted by Crippen LogP contribution is 2.37. The van der Waals surface area contributed by atoms with Gasteiger partial charge in [0.15, 0.2) is 16.3 Å². The van der Waals surface area contributed by atoms with Gasteiger partial charge in [-0.25, -0.2) is 9.78 Å². The summed E-state index contributed by atoms with van der Waals surface area (Å²) in [5.74, 6) is 0. The maximum absolute atomic E-state index is 11.8. The molecule has 0 saturated heterocycles. The standard InChI is InChI=1S/C8H10N4O2S3/c1-11-5-4(6(13)12(2)8(11)14)9-7(10-5)16-17-15-3/h1-3H3,(H,9,10). The van der Waals surface area contributed by atoms with Crippen LogP contribution in [-0.2, 0) is 14.1 Å². The molecule has 2 rings (SSSR count). The maximum atomic E-state index is 11.8. The van der Waals surface area contributed by atoms with Crippen molar-refractivity contribution in [2.75, 3.05) is 6.26 Å². The van der Waals surface area contributed by atoms with Gasteiger partial charge in [-0.1, -0.05) is 10.8 Å². The molecule has 1 N–H and O–H groups in total. The quantitative estimate of drug-likeness (QED) is 0.850. The first-order chi connectivity index (χ1) is 8.06. The van der Waals surface area contributed by atoms with Crippen molar-refractivity contribution in [2.45, 2.75) is 5.16 Å². The molecular formula is C8H10N4O2S3. The first kappa shape index (κ1) is 12.7. The summed E-state index contributed by atoms with van der Waals surface area (Å²) in [7, 11) is 7.60. The molecule has 2 heterocycles. The predicted molar refractivity (Wildman–Crippen MR) is 73.5 cm³/mol. The monoisotopic (exact) mass is 290 g/mol. The second kappa shape index (κ2) is 4.83. The van der Waals surface area contributed by atoms with Crippen LogP contribution >= 0.6 is 31.4 Å². The predicted octanol–water partition coefficient (Wildman–Crippen LogP) is 0.979. The van der Waals surface area contributed by atoms with Crippen molar-refractivity contribution in [1.82, 2.24) is 19.1 Å². The molecule has 6 nitrogen and oxygen atoms in total. The van der Waals surface area contributed by atoms with Crippen molar-refractivity contribution >= 4 is 42.6 Å². The van der Waals surface area contributed by atoms with E-state index in [1.54, 1.807) is 17.8 Å². The van der Waals surface area contributed by atoms with Crippen molar-refractivity contribution in [1.29, 1.82) is 0 Å². The molecule has 0 aliphatic rings. The summed E-state index contributed by atoms with van der Waals surface area (Å²) >= 11 is 0. The highest BCUT2D eigenvalue weighted by molar-refractivity contribution is 9.09. The number of H-pyrrole nitrogens is 1. The van der Waals surface area contributed by atoms with E-state index in [2.05, 4.69) is 9.97 Å². The van der Waals surface area contributed by atoms with E-state index >= 15 is 0 Å². The molecule has 9 heteroatoms. The van der Waals surface area contributed by atoms with Gasteiger partial charge in [0.1, 0.15) is 0 Å². The minimum atomic E-state index is -0.372. The lowest BCUT2D eigenvalue weighted by Gasteiger charge is -2.00. The minimum absolute atomic E-state index is 0.350. The Hall–Kier alpha value is -0.800. The summed E-state index contributed by atoms with van der Waals surface area (Å²) in [4.78, 5) is 30.7. The molecule has 0 aromatic carbocycles. The molecule has 0 amide bonds. The van der Waals surface area contributed by atoms with E-state index in [-0.39, 0.29) is 11.2 Å². The Bertz CT molecular complexity index is 672. The molecule has 0 bridgehead atoms. The van der Waals surface area contributed by atoms with E-state index in [0.717, 1.165) is 4.57 Å². The molecule has 17 heavy (non-hydrogen) atoms. The molecule has 0 radical (unpaired) electrons. The van der Waals surface area contributed by atoms with Gasteiger partial charge in [0, 0.05) is 14.1 Å². The van der Waals surface area contributed by atoms with Crippen LogP contribution in [-0.4, -0.2) is 25.4 Å². The fourth-order valence-electron chi connectivity index (χ4n) is 1.41. The fourth-order valence-corrected chi connectivity index (χ4v) is 3.64. The van der Waals surface area contributed by atoms with Crippen LogP contribution in [0.4, 0.5) is 0 Å². The second-order valence-electron chi connectivity index (χ2n) is 3.26. The fraction of sp³-hybridized carbons (Fsp3) is 0.375.